The van der Waals surface area contributed by atoms with E-state index in [2.05, 4.69) is 4.72 Å². The standard InChI is InChI=1S/C17H25FN2O6S/c1-15(2,3)27(24,25)19-17(6,16(4,5)14(21)26-7)12-10-11(20(22)23)8-9-13(12)18/h8-10,19H,1-7H3/t17-/m1/s1. The summed E-state index contributed by atoms with van der Waals surface area (Å²) in [6, 6.07) is 2.75. The van der Waals surface area contributed by atoms with Gasteiger partial charge in [-0.25, -0.2) is 17.5 Å². The molecule has 0 heterocycles. The molecular formula is C17H25FN2O6S. The lowest BCUT2D eigenvalue weighted by Gasteiger charge is -2.44. The molecule has 0 saturated heterocycles. The highest BCUT2D eigenvalue weighted by Crippen LogP contribution is 2.43. The Morgan fingerprint density at radius 1 is 1.19 bits per heavy atom. The Kier molecular flexibility index (Phi) is 6.09. The van der Waals surface area contributed by atoms with Crippen molar-refractivity contribution in [2.45, 2.75) is 51.8 Å². The van der Waals surface area contributed by atoms with Crippen molar-refractivity contribution in [1.29, 1.82) is 0 Å². The van der Waals surface area contributed by atoms with E-state index in [0.717, 1.165) is 25.3 Å². The minimum Gasteiger partial charge on any atom is -0.469 e. The van der Waals surface area contributed by atoms with E-state index in [1.54, 1.807) is 0 Å². The van der Waals surface area contributed by atoms with E-state index in [9.17, 15) is 27.7 Å². The fourth-order valence-corrected chi connectivity index (χ4v) is 3.62. The summed E-state index contributed by atoms with van der Waals surface area (Å²) < 4.78 is 46.2. The summed E-state index contributed by atoms with van der Waals surface area (Å²) in [4.78, 5) is 22.8. The van der Waals surface area contributed by atoms with Crippen molar-refractivity contribution in [3.8, 4) is 0 Å². The maximum Gasteiger partial charge on any atom is 0.313 e. The number of carbonyl (C=O) groups is 1. The van der Waals surface area contributed by atoms with Gasteiger partial charge >= 0.3 is 5.97 Å². The van der Waals surface area contributed by atoms with Crippen LogP contribution in [0.2, 0.25) is 0 Å². The molecule has 0 aromatic heterocycles. The number of halogens is 1. The maximum absolute atomic E-state index is 14.7. The Labute approximate surface area is 158 Å². The number of non-ortho nitro benzene ring substituents is 1. The van der Waals surface area contributed by atoms with Crippen LogP contribution in [0, 0.1) is 21.3 Å². The van der Waals surface area contributed by atoms with Crippen LogP contribution in [0.1, 0.15) is 47.1 Å². The van der Waals surface area contributed by atoms with Gasteiger partial charge in [-0.2, -0.15) is 0 Å². The largest absolute Gasteiger partial charge is 0.469 e. The Bertz CT molecular complexity index is 861. The first-order valence-corrected chi connectivity index (χ1v) is 9.56. The Morgan fingerprint density at radius 3 is 2.11 bits per heavy atom. The molecule has 0 spiro atoms. The lowest BCUT2D eigenvalue weighted by Crippen LogP contribution is -2.59. The molecule has 27 heavy (non-hydrogen) atoms. The van der Waals surface area contributed by atoms with E-state index in [1.807, 2.05) is 0 Å². The molecule has 1 aromatic rings. The normalized spacial score (nSPS) is 15.1. The van der Waals surface area contributed by atoms with Gasteiger partial charge in [0.1, 0.15) is 5.82 Å². The van der Waals surface area contributed by atoms with Crippen molar-refractivity contribution in [1.82, 2.24) is 4.72 Å². The van der Waals surface area contributed by atoms with Gasteiger partial charge in [-0.1, -0.05) is 0 Å². The van der Waals surface area contributed by atoms with E-state index in [-0.39, 0.29) is 5.56 Å². The number of hydrogen-bond acceptors (Lipinski definition) is 6. The van der Waals surface area contributed by atoms with Crippen LogP contribution in [0.25, 0.3) is 0 Å². The molecule has 1 N–H and O–H groups in total. The number of rotatable bonds is 6. The molecule has 1 rings (SSSR count). The molecule has 0 aliphatic heterocycles. The average molecular weight is 404 g/mol. The first-order valence-electron chi connectivity index (χ1n) is 8.07. The molecule has 1 atom stereocenters. The molecule has 0 fully saturated rings. The minimum atomic E-state index is -4.07. The second-order valence-electron chi connectivity index (χ2n) is 7.88. The van der Waals surface area contributed by atoms with E-state index >= 15 is 0 Å². The van der Waals surface area contributed by atoms with Crippen LogP contribution in [0.4, 0.5) is 10.1 Å². The maximum atomic E-state index is 14.7. The van der Waals surface area contributed by atoms with Gasteiger partial charge in [-0.05, 0) is 47.6 Å². The first kappa shape index (κ1) is 23.0. The van der Waals surface area contributed by atoms with Crippen LogP contribution in [-0.4, -0.2) is 31.2 Å². The van der Waals surface area contributed by atoms with Crippen molar-refractivity contribution >= 4 is 21.7 Å². The van der Waals surface area contributed by atoms with Crippen molar-refractivity contribution in [2.75, 3.05) is 7.11 Å². The number of ether oxygens (including phenoxy) is 1. The summed E-state index contributed by atoms with van der Waals surface area (Å²) in [6.45, 7) is 8.36. The molecule has 0 amide bonds. The molecule has 0 radical (unpaired) electrons. The molecule has 0 saturated carbocycles. The second-order valence-corrected chi connectivity index (χ2v) is 10.3. The summed E-state index contributed by atoms with van der Waals surface area (Å²) in [5, 5.41) is 11.1. The number of nitrogens with one attached hydrogen (secondary N) is 1. The van der Waals surface area contributed by atoms with Crippen LogP contribution in [-0.2, 0) is 25.1 Å². The minimum absolute atomic E-state index is 0.333. The number of hydrogen-bond donors (Lipinski definition) is 1. The van der Waals surface area contributed by atoms with Gasteiger partial charge in [0.25, 0.3) is 5.69 Å². The highest BCUT2D eigenvalue weighted by Gasteiger charge is 2.53. The van der Waals surface area contributed by atoms with Gasteiger partial charge in [-0.15, -0.1) is 0 Å². The number of benzene rings is 1. The van der Waals surface area contributed by atoms with Gasteiger partial charge in [0, 0.05) is 17.7 Å². The van der Waals surface area contributed by atoms with Gasteiger partial charge in [0.2, 0.25) is 10.0 Å². The number of methoxy groups -OCH3 is 1. The van der Waals surface area contributed by atoms with Crippen molar-refractivity contribution in [3.63, 3.8) is 0 Å². The summed E-state index contributed by atoms with van der Waals surface area (Å²) >= 11 is 0. The van der Waals surface area contributed by atoms with Gasteiger partial charge in [0.15, 0.2) is 0 Å². The third-order valence-electron chi connectivity index (χ3n) is 4.79. The number of sulfonamides is 1. The second kappa shape index (κ2) is 7.16. The predicted molar refractivity (Wildman–Crippen MR) is 98.0 cm³/mol. The number of esters is 1. The summed E-state index contributed by atoms with van der Waals surface area (Å²) in [5.41, 5.74) is -4.24. The van der Waals surface area contributed by atoms with Gasteiger partial charge < -0.3 is 4.74 Å². The van der Waals surface area contributed by atoms with E-state index < -0.39 is 48.1 Å². The fraction of sp³-hybridized carbons (Fsp3) is 0.588. The number of nitrogens with zero attached hydrogens (tertiary/aromatic N) is 1. The molecular weight excluding hydrogens is 379 g/mol. The van der Waals surface area contributed by atoms with Crippen LogP contribution in [0.5, 0.6) is 0 Å². The van der Waals surface area contributed by atoms with E-state index in [0.29, 0.717) is 0 Å². The molecule has 0 unspecified atom stereocenters. The molecule has 8 nitrogen and oxygen atoms in total. The molecule has 10 heteroatoms. The highest BCUT2D eigenvalue weighted by atomic mass is 32.2. The van der Waals surface area contributed by atoms with E-state index in [1.165, 1.54) is 41.5 Å². The zero-order valence-electron chi connectivity index (χ0n) is 16.4. The fourth-order valence-electron chi connectivity index (χ4n) is 2.41. The Balaban J connectivity index is 3.84. The van der Waals surface area contributed by atoms with Crippen molar-refractivity contribution in [2.24, 2.45) is 5.41 Å². The molecule has 0 aliphatic rings. The van der Waals surface area contributed by atoms with Crippen LogP contribution >= 0.6 is 0 Å². The van der Waals surface area contributed by atoms with Gasteiger partial charge in [-0.3, -0.25) is 14.9 Å². The summed E-state index contributed by atoms with van der Waals surface area (Å²) in [5.74, 6) is -1.70. The highest BCUT2D eigenvalue weighted by molar-refractivity contribution is 7.90. The molecule has 0 aliphatic carbocycles. The number of carbonyl (C=O) groups excluding carboxylic acids is 1. The van der Waals surface area contributed by atoms with Crippen molar-refractivity contribution in [3.05, 3.63) is 39.7 Å². The summed E-state index contributed by atoms with van der Waals surface area (Å²) in [6.07, 6.45) is 0. The number of nitro benzene ring substituents is 1. The quantitative estimate of drug-likeness (QED) is 0.443. The van der Waals surface area contributed by atoms with Crippen LogP contribution in [0.15, 0.2) is 18.2 Å². The third kappa shape index (κ3) is 4.11. The zero-order chi connectivity index (χ0) is 21.4. The third-order valence-corrected chi connectivity index (χ3v) is 7.08. The SMILES string of the molecule is COC(=O)C(C)(C)[C@](C)(NS(=O)(=O)C(C)(C)C)c1cc([N+](=O)[O-])ccc1F. The predicted octanol–water partition coefficient (Wildman–Crippen LogP) is 2.87. The topological polar surface area (TPSA) is 116 Å². The Hall–Kier alpha value is -2.07. The zero-order valence-corrected chi connectivity index (χ0v) is 17.2. The molecule has 152 valence electrons. The summed E-state index contributed by atoms with van der Waals surface area (Å²) in [7, 11) is -2.95. The molecule has 1 aromatic carbocycles. The molecule has 0 bridgehead atoms. The van der Waals surface area contributed by atoms with Gasteiger partial charge in [0.05, 0.1) is 27.7 Å². The Morgan fingerprint density at radius 2 is 1.70 bits per heavy atom. The first-order chi connectivity index (χ1) is 12.0. The van der Waals surface area contributed by atoms with Crippen molar-refractivity contribution < 1.29 is 27.3 Å². The average Bonchev–Trinajstić information content (AvgIpc) is 2.52. The van der Waals surface area contributed by atoms with Crippen LogP contribution < -0.4 is 4.72 Å². The van der Waals surface area contributed by atoms with E-state index in [4.69, 9.17) is 4.74 Å². The monoisotopic (exact) mass is 404 g/mol. The lowest BCUT2D eigenvalue weighted by molar-refractivity contribution is -0.385. The smallest absolute Gasteiger partial charge is 0.313 e. The lowest BCUT2D eigenvalue weighted by atomic mass is 9.69. The van der Waals surface area contributed by atoms with Crippen LogP contribution in [0.3, 0.4) is 0 Å². The number of nitro groups is 1.